The first-order valence-corrected chi connectivity index (χ1v) is 13.4. The molecule has 2 aromatic carbocycles. The van der Waals surface area contributed by atoms with Gasteiger partial charge in [-0.2, -0.15) is 0 Å². The van der Waals surface area contributed by atoms with Crippen LogP contribution in [0.15, 0.2) is 45.8 Å². The number of hydrogen-bond acceptors (Lipinski definition) is 16. The Morgan fingerprint density at radius 1 is 0.818 bits per heavy atom. The molecule has 0 spiro atoms. The lowest BCUT2D eigenvalue weighted by atomic mass is 9.98. The standard InChI is InChI=1S/C28H32O16/c1-39-26-13(30)6-14-17(21(26)34)18(31)12(8-40-14)10-2-4-11(5-3-10)42-28-25(38)23(36)20(33)16(44-28)9-41-27-24(37)22(35)19(32)15(7-29)43-27/h2-6,8,15-16,19-20,22-25,27-30,32-38H,7,9H2,1H3/t15-,16-,19-,20-,22+,23+,24-,25-,27-,28-/m1/s1. The predicted octanol–water partition coefficient (Wildman–Crippen LogP) is -2.12. The van der Waals surface area contributed by atoms with Gasteiger partial charge in [-0.05, 0) is 17.7 Å². The van der Waals surface area contributed by atoms with Crippen LogP contribution >= 0.6 is 0 Å². The zero-order chi connectivity index (χ0) is 31.9. The van der Waals surface area contributed by atoms with Crippen LogP contribution in [-0.4, -0.2) is 128 Å². The van der Waals surface area contributed by atoms with E-state index in [4.69, 9.17) is 28.1 Å². The molecule has 2 fully saturated rings. The molecular weight excluding hydrogens is 592 g/mol. The molecule has 0 radical (unpaired) electrons. The number of methoxy groups -OCH3 is 1. The van der Waals surface area contributed by atoms with Crippen molar-refractivity contribution >= 4 is 11.0 Å². The summed E-state index contributed by atoms with van der Waals surface area (Å²) in [5.74, 6) is -1.18. The van der Waals surface area contributed by atoms with Crippen LogP contribution < -0.4 is 14.9 Å². The highest BCUT2D eigenvalue weighted by molar-refractivity contribution is 5.91. The SMILES string of the molecule is COc1c(O)cc2occ(-c3ccc(O[C@@H]4O[C@H](CO[C@@H]5O[C@H](CO)[C@@H](O)[C@H](O)[C@H]5O)[C@@H](O)[C@H](O)[C@H]4O)cc3)c(=O)c2c1O. The largest absolute Gasteiger partial charge is 0.504 e. The molecule has 16 nitrogen and oxygen atoms in total. The summed E-state index contributed by atoms with van der Waals surface area (Å²) in [4.78, 5) is 13.2. The molecule has 0 aliphatic carbocycles. The third-order valence-electron chi connectivity index (χ3n) is 7.54. The summed E-state index contributed by atoms with van der Waals surface area (Å²) >= 11 is 0. The maximum Gasteiger partial charge on any atom is 0.229 e. The molecule has 0 saturated carbocycles. The zero-order valence-corrected chi connectivity index (χ0v) is 23.0. The van der Waals surface area contributed by atoms with E-state index in [1.165, 1.54) is 31.4 Å². The lowest BCUT2D eigenvalue weighted by Crippen LogP contribution is -2.62. The predicted molar refractivity (Wildman–Crippen MR) is 145 cm³/mol. The molecule has 3 heterocycles. The van der Waals surface area contributed by atoms with Crippen LogP contribution in [0, 0.1) is 0 Å². The zero-order valence-electron chi connectivity index (χ0n) is 23.0. The normalized spacial score (nSPS) is 32.5. The Balaban J connectivity index is 1.29. The first-order chi connectivity index (χ1) is 21.0. The quantitative estimate of drug-likeness (QED) is 0.130. The van der Waals surface area contributed by atoms with Crippen LogP contribution in [0.25, 0.3) is 22.1 Å². The summed E-state index contributed by atoms with van der Waals surface area (Å²) in [5, 5.41) is 90.9. The van der Waals surface area contributed by atoms with Crippen LogP contribution in [-0.2, 0) is 14.2 Å². The van der Waals surface area contributed by atoms with E-state index in [0.29, 0.717) is 5.56 Å². The second kappa shape index (κ2) is 12.8. The van der Waals surface area contributed by atoms with Gasteiger partial charge in [0, 0.05) is 6.07 Å². The summed E-state index contributed by atoms with van der Waals surface area (Å²) in [6, 6.07) is 6.93. The van der Waals surface area contributed by atoms with Crippen molar-refractivity contribution in [2.24, 2.45) is 0 Å². The highest BCUT2D eigenvalue weighted by Crippen LogP contribution is 2.41. The van der Waals surface area contributed by atoms with Crippen LogP contribution in [0.3, 0.4) is 0 Å². The van der Waals surface area contributed by atoms with Gasteiger partial charge in [0.25, 0.3) is 0 Å². The fourth-order valence-corrected chi connectivity index (χ4v) is 5.03. The van der Waals surface area contributed by atoms with E-state index in [-0.39, 0.29) is 28.0 Å². The molecule has 10 atom stereocenters. The number of hydrogen-bond donors (Lipinski definition) is 9. The fraction of sp³-hybridized carbons (Fsp3) is 0.464. The Labute approximate surface area is 248 Å². The van der Waals surface area contributed by atoms with Crippen LogP contribution in [0.5, 0.6) is 23.0 Å². The van der Waals surface area contributed by atoms with E-state index in [9.17, 15) is 50.8 Å². The number of rotatable bonds is 8. The first kappa shape index (κ1) is 31.9. The molecule has 0 amide bonds. The van der Waals surface area contributed by atoms with Crippen molar-refractivity contribution in [1.29, 1.82) is 0 Å². The summed E-state index contributed by atoms with van der Waals surface area (Å²) in [7, 11) is 1.22. The number of fused-ring (bicyclic) bond motifs is 1. The molecule has 9 N–H and O–H groups in total. The monoisotopic (exact) mass is 624 g/mol. The number of ether oxygens (including phenoxy) is 5. The van der Waals surface area contributed by atoms with Gasteiger partial charge in [0.15, 0.2) is 17.8 Å². The molecule has 3 aromatic rings. The van der Waals surface area contributed by atoms with Crippen molar-refractivity contribution in [2.45, 2.75) is 61.4 Å². The molecule has 240 valence electrons. The van der Waals surface area contributed by atoms with Gasteiger partial charge >= 0.3 is 0 Å². The van der Waals surface area contributed by atoms with Crippen molar-refractivity contribution in [1.82, 2.24) is 0 Å². The van der Waals surface area contributed by atoms with Gasteiger partial charge in [0.1, 0.15) is 71.8 Å². The third kappa shape index (κ3) is 5.80. The van der Waals surface area contributed by atoms with Crippen molar-refractivity contribution in [2.75, 3.05) is 20.3 Å². The molecule has 16 heteroatoms. The average molecular weight is 625 g/mol. The third-order valence-corrected chi connectivity index (χ3v) is 7.54. The van der Waals surface area contributed by atoms with Crippen molar-refractivity contribution in [3.05, 3.63) is 46.8 Å². The second-order valence-electron chi connectivity index (χ2n) is 10.3. The smallest absolute Gasteiger partial charge is 0.229 e. The van der Waals surface area contributed by atoms with E-state index in [2.05, 4.69) is 0 Å². The minimum atomic E-state index is -1.75. The molecule has 2 saturated heterocycles. The minimum Gasteiger partial charge on any atom is -0.504 e. The number of phenols is 2. The number of phenolic OH excluding ortho intramolecular Hbond substituents is 2. The number of aliphatic hydroxyl groups excluding tert-OH is 7. The van der Waals surface area contributed by atoms with Crippen molar-refractivity contribution in [3.63, 3.8) is 0 Å². The molecule has 2 aliphatic rings. The summed E-state index contributed by atoms with van der Waals surface area (Å²) in [6.45, 7) is -1.21. The maximum atomic E-state index is 13.2. The van der Waals surface area contributed by atoms with E-state index >= 15 is 0 Å². The highest BCUT2D eigenvalue weighted by Gasteiger charge is 2.47. The molecule has 2 aliphatic heterocycles. The van der Waals surface area contributed by atoms with Gasteiger partial charge in [-0.15, -0.1) is 0 Å². The second-order valence-corrected chi connectivity index (χ2v) is 10.3. The molecule has 44 heavy (non-hydrogen) atoms. The van der Waals surface area contributed by atoms with E-state index in [0.717, 1.165) is 12.3 Å². The topological polar surface area (TPSA) is 258 Å². The Bertz CT molecular complexity index is 1510. The first-order valence-electron chi connectivity index (χ1n) is 13.4. The van der Waals surface area contributed by atoms with Gasteiger partial charge in [-0.1, -0.05) is 12.1 Å². The molecular formula is C28H32O16. The van der Waals surface area contributed by atoms with Crippen molar-refractivity contribution < 1.29 is 74.1 Å². The van der Waals surface area contributed by atoms with Gasteiger partial charge in [-0.3, -0.25) is 4.79 Å². The van der Waals surface area contributed by atoms with Crippen LogP contribution in [0.1, 0.15) is 0 Å². The Kier molecular flexibility index (Phi) is 9.28. The summed E-state index contributed by atoms with van der Waals surface area (Å²) in [5.41, 5.74) is -0.263. The molecule has 0 bridgehead atoms. The van der Waals surface area contributed by atoms with E-state index in [1.807, 2.05) is 0 Å². The fourth-order valence-electron chi connectivity index (χ4n) is 5.03. The number of benzene rings is 2. The summed E-state index contributed by atoms with van der Waals surface area (Å²) < 4.78 is 32.4. The van der Waals surface area contributed by atoms with Crippen LogP contribution in [0.2, 0.25) is 0 Å². The minimum absolute atomic E-state index is 0.0602. The lowest BCUT2D eigenvalue weighted by Gasteiger charge is -2.42. The van der Waals surface area contributed by atoms with E-state index < -0.39 is 91.6 Å². The lowest BCUT2D eigenvalue weighted by molar-refractivity contribution is -0.323. The Morgan fingerprint density at radius 3 is 2.07 bits per heavy atom. The van der Waals surface area contributed by atoms with Gasteiger partial charge < -0.3 is 74.1 Å². The highest BCUT2D eigenvalue weighted by atomic mass is 16.7. The Hall–Kier alpha value is -3.55. The summed E-state index contributed by atoms with van der Waals surface area (Å²) in [6.07, 6.45) is -14.6. The molecule has 0 unspecified atom stereocenters. The average Bonchev–Trinajstić information content (AvgIpc) is 3.01. The maximum absolute atomic E-state index is 13.2. The molecule has 1 aromatic heterocycles. The van der Waals surface area contributed by atoms with Crippen LogP contribution in [0.4, 0.5) is 0 Å². The number of aliphatic hydroxyl groups is 7. The number of aromatic hydroxyl groups is 2. The van der Waals surface area contributed by atoms with Gasteiger partial charge in [0.2, 0.25) is 17.5 Å². The van der Waals surface area contributed by atoms with Crippen molar-refractivity contribution in [3.8, 4) is 34.1 Å². The van der Waals surface area contributed by atoms with Gasteiger partial charge in [-0.25, -0.2) is 0 Å². The van der Waals surface area contributed by atoms with E-state index in [1.54, 1.807) is 0 Å². The van der Waals surface area contributed by atoms with Gasteiger partial charge in [0.05, 0.1) is 25.9 Å². The molecule has 5 rings (SSSR count). The Morgan fingerprint density at radius 2 is 1.43 bits per heavy atom.